The van der Waals surface area contributed by atoms with Crippen molar-refractivity contribution in [3.63, 3.8) is 0 Å². The second-order valence-electron chi connectivity index (χ2n) is 4.80. The van der Waals surface area contributed by atoms with Crippen molar-refractivity contribution in [1.82, 2.24) is 24.7 Å². The molecule has 0 aromatic carbocycles. The molecule has 3 heterocycles. The Morgan fingerprint density at radius 3 is 2.78 bits per heavy atom. The van der Waals surface area contributed by atoms with Crippen LogP contribution in [0.4, 0.5) is 19.0 Å². The SMILES string of the molecule is CCSc1n[nH]c(N)c1-c1nc2cc(C(F)(F)F)ncc2n1C. The average molecular weight is 342 g/mol. The van der Waals surface area contributed by atoms with Gasteiger partial charge in [0.25, 0.3) is 0 Å². The number of nitrogens with two attached hydrogens (primary N) is 1. The summed E-state index contributed by atoms with van der Waals surface area (Å²) in [6.07, 6.45) is -3.35. The van der Waals surface area contributed by atoms with Gasteiger partial charge in [0.1, 0.15) is 22.4 Å². The molecule has 0 saturated carbocycles. The van der Waals surface area contributed by atoms with Gasteiger partial charge >= 0.3 is 6.18 Å². The lowest BCUT2D eigenvalue weighted by Gasteiger charge is -2.05. The Hall–Kier alpha value is -2.23. The first kappa shape index (κ1) is 15.7. The summed E-state index contributed by atoms with van der Waals surface area (Å²) in [5, 5.41) is 7.46. The van der Waals surface area contributed by atoms with Crippen LogP contribution in [-0.4, -0.2) is 30.5 Å². The molecule has 0 amide bonds. The third kappa shape index (κ3) is 2.62. The molecule has 0 aliphatic heterocycles. The number of imidazole rings is 1. The average Bonchev–Trinajstić information content (AvgIpc) is 2.99. The third-order valence-corrected chi connectivity index (χ3v) is 4.18. The Balaban J connectivity index is 2.20. The van der Waals surface area contributed by atoms with Gasteiger partial charge < -0.3 is 10.3 Å². The molecular formula is C13H13F3N6S. The van der Waals surface area contributed by atoms with E-state index in [2.05, 4.69) is 20.2 Å². The topological polar surface area (TPSA) is 85.4 Å². The molecule has 10 heteroatoms. The van der Waals surface area contributed by atoms with Gasteiger partial charge in [-0.25, -0.2) is 9.97 Å². The highest BCUT2D eigenvalue weighted by Gasteiger charge is 2.33. The van der Waals surface area contributed by atoms with Gasteiger partial charge in [-0.05, 0) is 11.8 Å². The number of thioether (sulfide) groups is 1. The second-order valence-corrected chi connectivity index (χ2v) is 6.05. The standard InChI is InChI=1S/C13H13F3N6S/c1-3-23-12-9(10(17)20-21-12)11-19-6-4-8(13(14,15)16)18-5-7(6)22(11)2/h4-5H,3H2,1-2H3,(H3,17,20,21). The lowest BCUT2D eigenvalue weighted by molar-refractivity contribution is -0.141. The smallest absolute Gasteiger partial charge is 0.383 e. The molecule has 0 bridgehead atoms. The predicted molar refractivity (Wildman–Crippen MR) is 81.9 cm³/mol. The minimum atomic E-state index is -4.51. The molecule has 6 nitrogen and oxygen atoms in total. The number of alkyl halides is 3. The number of halogens is 3. The van der Waals surface area contributed by atoms with Crippen molar-refractivity contribution >= 4 is 28.6 Å². The molecule has 122 valence electrons. The van der Waals surface area contributed by atoms with Crippen molar-refractivity contribution in [2.75, 3.05) is 11.5 Å². The number of fused-ring (bicyclic) bond motifs is 1. The number of aryl methyl sites for hydroxylation is 1. The summed E-state index contributed by atoms with van der Waals surface area (Å²) in [6.45, 7) is 1.97. The first-order valence-electron chi connectivity index (χ1n) is 6.69. The van der Waals surface area contributed by atoms with E-state index in [9.17, 15) is 13.2 Å². The van der Waals surface area contributed by atoms with Gasteiger partial charge in [0.05, 0.1) is 22.8 Å². The zero-order valence-electron chi connectivity index (χ0n) is 12.3. The maximum absolute atomic E-state index is 12.8. The summed E-state index contributed by atoms with van der Waals surface area (Å²) in [5.41, 5.74) is 6.22. The van der Waals surface area contributed by atoms with Gasteiger partial charge in [-0.1, -0.05) is 6.92 Å². The quantitative estimate of drug-likeness (QED) is 0.715. The number of hydrogen-bond donors (Lipinski definition) is 2. The van der Waals surface area contributed by atoms with Crippen molar-refractivity contribution in [3.05, 3.63) is 18.0 Å². The molecule has 0 aliphatic rings. The number of nitrogens with zero attached hydrogens (tertiary/aromatic N) is 4. The third-order valence-electron chi connectivity index (χ3n) is 3.32. The molecule has 0 saturated heterocycles. The van der Waals surface area contributed by atoms with E-state index >= 15 is 0 Å². The maximum atomic E-state index is 12.8. The number of nitrogen functional groups attached to an aromatic ring is 1. The van der Waals surface area contributed by atoms with Crippen molar-refractivity contribution in [2.45, 2.75) is 18.1 Å². The van der Waals surface area contributed by atoms with Gasteiger partial charge in [0.15, 0.2) is 0 Å². The van der Waals surface area contributed by atoms with E-state index in [0.29, 0.717) is 27.7 Å². The number of aromatic nitrogens is 5. The highest BCUT2D eigenvalue weighted by atomic mass is 32.2. The van der Waals surface area contributed by atoms with Crippen LogP contribution in [0.5, 0.6) is 0 Å². The van der Waals surface area contributed by atoms with E-state index in [1.165, 1.54) is 11.8 Å². The fraction of sp³-hybridized carbons (Fsp3) is 0.308. The van der Waals surface area contributed by atoms with Crippen LogP contribution in [0.2, 0.25) is 0 Å². The summed E-state index contributed by atoms with van der Waals surface area (Å²) in [7, 11) is 1.70. The van der Waals surface area contributed by atoms with Crippen LogP contribution >= 0.6 is 11.8 Å². The lowest BCUT2D eigenvalue weighted by Crippen LogP contribution is -2.07. The summed E-state index contributed by atoms with van der Waals surface area (Å²) in [6, 6.07) is 0.932. The molecule has 3 rings (SSSR count). The van der Waals surface area contributed by atoms with E-state index in [0.717, 1.165) is 18.0 Å². The van der Waals surface area contributed by atoms with Crippen LogP contribution < -0.4 is 5.73 Å². The number of H-pyrrole nitrogens is 1. The molecule has 0 fully saturated rings. The number of anilines is 1. The summed E-state index contributed by atoms with van der Waals surface area (Å²) in [4.78, 5) is 7.77. The van der Waals surface area contributed by atoms with Gasteiger partial charge in [-0.3, -0.25) is 5.10 Å². The Morgan fingerprint density at radius 1 is 1.39 bits per heavy atom. The normalized spacial score (nSPS) is 12.2. The van der Waals surface area contributed by atoms with Gasteiger partial charge in [0, 0.05) is 7.05 Å². The van der Waals surface area contributed by atoms with Crippen LogP contribution in [0.1, 0.15) is 12.6 Å². The van der Waals surface area contributed by atoms with Crippen molar-refractivity contribution in [3.8, 4) is 11.4 Å². The van der Waals surface area contributed by atoms with E-state index in [-0.39, 0.29) is 5.52 Å². The second kappa shape index (κ2) is 5.44. The first-order chi connectivity index (χ1) is 10.8. The van der Waals surface area contributed by atoms with E-state index in [1.807, 2.05) is 6.92 Å². The highest BCUT2D eigenvalue weighted by molar-refractivity contribution is 7.99. The molecule has 0 unspecified atom stereocenters. The van der Waals surface area contributed by atoms with E-state index in [1.54, 1.807) is 11.6 Å². The lowest BCUT2D eigenvalue weighted by atomic mass is 10.3. The van der Waals surface area contributed by atoms with E-state index < -0.39 is 11.9 Å². The van der Waals surface area contributed by atoms with Crippen molar-refractivity contribution < 1.29 is 13.2 Å². The Morgan fingerprint density at radius 2 is 2.13 bits per heavy atom. The summed E-state index contributed by atoms with van der Waals surface area (Å²) < 4.78 is 40.0. The number of nitrogens with one attached hydrogen (secondary N) is 1. The zero-order valence-corrected chi connectivity index (χ0v) is 13.1. The molecule has 3 N–H and O–H groups in total. The Bertz CT molecular complexity index is 867. The minimum Gasteiger partial charge on any atom is -0.383 e. The zero-order chi connectivity index (χ0) is 16.8. The fourth-order valence-electron chi connectivity index (χ4n) is 2.26. The molecular weight excluding hydrogens is 329 g/mol. The van der Waals surface area contributed by atoms with Crippen LogP contribution in [-0.2, 0) is 13.2 Å². The monoisotopic (exact) mass is 342 g/mol. The first-order valence-corrected chi connectivity index (χ1v) is 7.68. The van der Waals surface area contributed by atoms with Crippen LogP contribution in [0.25, 0.3) is 22.4 Å². The highest BCUT2D eigenvalue weighted by Crippen LogP contribution is 2.36. The van der Waals surface area contributed by atoms with Gasteiger partial charge in [-0.2, -0.15) is 18.3 Å². The largest absolute Gasteiger partial charge is 0.433 e. The molecule has 0 radical (unpaired) electrons. The fourth-order valence-corrected chi connectivity index (χ4v) is 2.99. The Kier molecular flexibility index (Phi) is 3.71. The van der Waals surface area contributed by atoms with Crippen LogP contribution in [0, 0.1) is 0 Å². The maximum Gasteiger partial charge on any atom is 0.433 e. The number of aromatic amines is 1. The summed E-state index contributed by atoms with van der Waals surface area (Å²) >= 11 is 1.47. The van der Waals surface area contributed by atoms with Gasteiger partial charge in [0.2, 0.25) is 0 Å². The van der Waals surface area contributed by atoms with Crippen molar-refractivity contribution in [2.24, 2.45) is 7.05 Å². The molecule has 0 atom stereocenters. The molecule has 3 aromatic rings. The summed E-state index contributed by atoms with van der Waals surface area (Å²) in [5.74, 6) is 1.55. The van der Waals surface area contributed by atoms with Crippen molar-refractivity contribution in [1.29, 1.82) is 0 Å². The molecule has 0 aliphatic carbocycles. The molecule has 0 spiro atoms. The molecule has 3 aromatic heterocycles. The van der Waals surface area contributed by atoms with Crippen LogP contribution in [0.15, 0.2) is 17.3 Å². The Labute approximate surface area is 133 Å². The molecule has 23 heavy (non-hydrogen) atoms. The predicted octanol–water partition coefficient (Wildman–Crippen LogP) is 3.07. The number of hydrogen-bond acceptors (Lipinski definition) is 5. The van der Waals surface area contributed by atoms with E-state index in [4.69, 9.17) is 5.73 Å². The number of pyridine rings is 1. The van der Waals surface area contributed by atoms with Crippen LogP contribution in [0.3, 0.4) is 0 Å². The van der Waals surface area contributed by atoms with Gasteiger partial charge in [-0.15, -0.1) is 11.8 Å². The number of rotatable bonds is 3. The minimum absolute atomic E-state index is 0.206.